The number of benzene rings is 2. The summed E-state index contributed by atoms with van der Waals surface area (Å²) in [4.78, 5) is 27.3. The Morgan fingerprint density at radius 2 is 1.96 bits per heavy atom. The Morgan fingerprint density at radius 3 is 2.58 bits per heavy atom. The Labute approximate surface area is 157 Å². The van der Waals surface area contributed by atoms with E-state index in [9.17, 15) is 9.59 Å². The second-order valence-electron chi connectivity index (χ2n) is 6.62. The predicted octanol–water partition coefficient (Wildman–Crippen LogP) is 3.97. The average molecular weight is 373 g/mol. The number of carbonyl (C=O) groups excluding carboxylic acids is 2. The molecule has 0 unspecified atom stereocenters. The van der Waals surface area contributed by atoms with Gasteiger partial charge in [0.25, 0.3) is 5.91 Å². The van der Waals surface area contributed by atoms with Gasteiger partial charge < -0.3 is 15.0 Å². The van der Waals surface area contributed by atoms with E-state index in [0.29, 0.717) is 28.6 Å². The molecule has 0 aliphatic carbocycles. The van der Waals surface area contributed by atoms with E-state index in [2.05, 4.69) is 5.32 Å². The van der Waals surface area contributed by atoms with Crippen molar-refractivity contribution in [3.05, 3.63) is 58.6 Å². The molecule has 3 rings (SSSR count). The fourth-order valence-corrected chi connectivity index (χ4v) is 3.52. The molecule has 136 valence electrons. The van der Waals surface area contributed by atoms with Crippen LogP contribution in [0.4, 0.5) is 5.69 Å². The molecule has 2 amide bonds. The van der Waals surface area contributed by atoms with Crippen molar-refractivity contribution in [3.63, 3.8) is 0 Å². The van der Waals surface area contributed by atoms with Crippen LogP contribution in [-0.2, 0) is 11.3 Å². The summed E-state index contributed by atoms with van der Waals surface area (Å²) in [5.74, 6) is 0.154. The van der Waals surface area contributed by atoms with Gasteiger partial charge in [0, 0.05) is 17.8 Å². The summed E-state index contributed by atoms with van der Waals surface area (Å²) in [6.07, 6.45) is 0. The highest BCUT2D eigenvalue weighted by Crippen LogP contribution is 2.30. The Morgan fingerprint density at radius 1 is 1.23 bits per heavy atom. The van der Waals surface area contributed by atoms with Crippen LogP contribution in [0.1, 0.15) is 29.8 Å². The molecule has 5 nitrogen and oxygen atoms in total. The molecular formula is C20H21ClN2O3. The SMILES string of the molecule is COc1ccc(NC(=O)[C@H](C(C)C)N2Cc3ccccc3C2=O)cc1Cl. The van der Waals surface area contributed by atoms with Crippen LogP contribution in [0.25, 0.3) is 0 Å². The van der Waals surface area contributed by atoms with Gasteiger partial charge in [-0.3, -0.25) is 9.59 Å². The van der Waals surface area contributed by atoms with Gasteiger partial charge in [-0.25, -0.2) is 0 Å². The summed E-state index contributed by atoms with van der Waals surface area (Å²) in [5, 5.41) is 3.28. The van der Waals surface area contributed by atoms with Crippen molar-refractivity contribution in [1.82, 2.24) is 4.90 Å². The molecule has 26 heavy (non-hydrogen) atoms. The van der Waals surface area contributed by atoms with Gasteiger partial charge in [0.2, 0.25) is 5.91 Å². The number of methoxy groups -OCH3 is 1. The zero-order valence-electron chi connectivity index (χ0n) is 15.0. The molecule has 0 fully saturated rings. The minimum atomic E-state index is -0.573. The molecule has 0 spiro atoms. The van der Waals surface area contributed by atoms with Gasteiger partial charge in [-0.15, -0.1) is 0 Å². The van der Waals surface area contributed by atoms with E-state index in [-0.39, 0.29) is 17.7 Å². The van der Waals surface area contributed by atoms with E-state index in [0.717, 1.165) is 5.56 Å². The van der Waals surface area contributed by atoms with Gasteiger partial charge in [0.05, 0.1) is 12.1 Å². The molecule has 1 atom stereocenters. The average Bonchev–Trinajstić information content (AvgIpc) is 2.92. The molecule has 1 aliphatic heterocycles. The fourth-order valence-electron chi connectivity index (χ4n) is 3.27. The minimum absolute atomic E-state index is 0.0398. The molecule has 0 saturated heterocycles. The lowest BCUT2D eigenvalue weighted by molar-refractivity contribution is -0.122. The zero-order chi connectivity index (χ0) is 18.8. The van der Waals surface area contributed by atoms with Crippen molar-refractivity contribution in [3.8, 4) is 5.75 Å². The number of nitrogens with one attached hydrogen (secondary N) is 1. The number of rotatable bonds is 5. The van der Waals surface area contributed by atoms with Gasteiger partial charge >= 0.3 is 0 Å². The van der Waals surface area contributed by atoms with Gasteiger partial charge in [-0.2, -0.15) is 0 Å². The second kappa shape index (κ2) is 7.38. The summed E-state index contributed by atoms with van der Waals surface area (Å²) in [7, 11) is 1.53. The lowest BCUT2D eigenvalue weighted by Gasteiger charge is -2.30. The standard InChI is InChI=1S/C20H21ClN2O3/c1-12(2)18(23-11-13-6-4-5-7-15(13)20(23)25)19(24)22-14-8-9-17(26-3)16(21)10-14/h4-10,12,18H,11H2,1-3H3,(H,22,24)/t18-/m0/s1. The molecule has 0 aromatic heterocycles. The predicted molar refractivity (Wildman–Crippen MR) is 102 cm³/mol. The lowest BCUT2D eigenvalue weighted by atomic mass is 10.0. The van der Waals surface area contributed by atoms with Crippen molar-refractivity contribution in [2.75, 3.05) is 12.4 Å². The Bertz CT molecular complexity index is 851. The van der Waals surface area contributed by atoms with Gasteiger partial charge in [0.15, 0.2) is 0 Å². The highest BCUT2D eigenvalue weighted by atomic mass is 35.5. The number of hydrogen-bond acceptors (Lipinski definition) is 3. The zero-order valence-corrected chi connectivity index (χ0v) is 15.7. The lowest BCUT2D eigenvalue weighted by Crippen LogP contribution is -2.47. The highest BCUT2D eigenvalue weighted by Gasteiger charge is 2.37. The number of ether oxygens (including phenoxy) is 1. The normalized spacial score (nSPS) is 14.3. The van der Waals surface area contributed by atoms with Gasteiger partial charge in [-0.05, 0) is 35.7 Å². The quantitative estimate of drug-likeness (QED) is 0.864. The first kappa shape index (κ1) is 18.3. The number of fused-ring (bicyclic) bond motifs is 1. The van der Waals surface area contributed by atoms with Crippen LogP contribution in [0.2, 0.25) is 5.02 Å². The first-order chi connectivity index (χ1) is 12.4. The highest BCUT2D eigenvalue weighted by molar-refractivity contribution is 6.32. The van der Waals surface area contributed by atoms with Crippen LogP contribution in [0.3, 0.4) is 0 Å². The van der Waals surface area contributed by atoms with Crippen LogP contribution in [0.15, 0.2) is 42.5 Å². The van der Waals surface area contributed by atoms with E-state index in [1.54, 1.807) is 29.2 Å². The molecule has 6 heteroatoms. The van der Waals surface area contributed by atoms with Crippen molar-refractivity contribution in [1.29, 1.82) is 0 Å². The van der Waals surface area contributed by atoms with E-state index in [1.165, 1.54) is 7.11 Å². The minimum Gasteiger partial charge on any atom is -0.495 e. The Kier molecular flexibility index (Phi) is 5.18. The third-order valence-corrected chi connectivity index (χ3v) is 4.80. The summed E-state index contributed by atoms with van der Waals surface area (Å²) >= 11 is 6.13. The molecule has 2 aromatic rings. The van der Waals surface area contributed by atoms with E-state index < -0.39 is 6.04 Å². The number of amides is 2. The molecule has 2 aromatic carbocycles. The van der Waals surface area contributed by atoms with Crippen molar-refractivity contribution >= 4 is 29.1 Å². The van der Waals surface area contributed by atoms with Crippen LogP contribution in [0.5, 0.6) is 5.75 Å². The maximum Gasteiger partial charge on any atom is 0.255 e. The molecule has 1 N–H and O–H groups in total. The van der Waals surface area contributed by atoms with Crippen molar-refractivity contribution in [2.24, 2.45) is 5.92 Å². The van der Waals surface area contributed by atoms with E-state index in [1.807, 2.05) is 32.0 Å². The van der Waals surface area contributed by atoms with Crippen molar-refractivity contribution < 1.29 is 14.3 Å². The molecule has 1 aliphatic rings. The second-order valence-corrected chi connectivity index (χ2v) is 7.02. The Balaban J connectivity index is 1.82. The van der Waals surface area contributed by atoms with Crippen LogP contribution in [0, 0.1) is 5.92 Å². The topological polar surface area (TPSA) is 58.6 Å². The van der Waals surface area contributed by atoms with E-state index >= 15 is 0 Å². The molecule has 0 saturated carbocycles. The number of halogens is 1. The summed E-state index contributed by atoms with van der Waals surface area (Å²) in [6, 6.07) is 11.9. The summed E-state index contributed by atoms with van der Waals surface area (Å²) < 4.78 is 5.12. The third kappa shape index (κ3) is 3.40. The Hall–Kier alpha value is -2.53. The number of hydrogen-bond donors (Lipinski definition) is 1. The van der Waals surface area contributed by atoms with Crippen LogP contribution in [-0.4, -0.2) is 29.9 Å². The molecular weight excluding hydrogens is 352 g/mol. The molecule has 0 bridgehead atoms. The third-order valence-electron chi connectivity index (χ3n) is 4.50. The summed E-state index contributed by atoms with van der Waals surface area (Å²) in [6.45, 7) is 4.30. The first-order valence-electron chi connectivity index (χ1n) is 8.45. The first-order valence-corrected chi connectivity index (χ1v) is 8.83. The maximum atomic E-state index is 12.9. The number of carbonyl (C=O) groups is 2. The van der Waals surface area contributed by atoms with Gasteiger partial charge in [-0.1, -0.05) is 43.6 Å². The molecule has 0 radical (unpaired) electrons. The smallest absolute Gasteiger partial charge is 0.255 e. The summed E-state index contributed by atoms with van der Waals surface area (Å²) in [5.41, 5.74) is 2.18. The monoisotopic (exact) mass is 372 g/mol. The van der Waals surface area contributed by atoms with Crippen LogP contribution < -0.4 is 10.1 Å². The largest absolute Gasteiger partial charge is 0.495 e. The van der Waals surface area contributed by atoms with E-state index in [4.69, 9.17) is 16.3 Å². The number of nitrogens with zero attached hydrogens (tertiary/aromatic N) is 1. The van der Waals surface area contributed by atoms with Gasteiger partial charge in [0.1, 0.15) is 11.8 Å². The number of anilines is 1. The maximum absolute atomic E-state index is 12.9. The van der Waals surface area contributed by atoms with Crippen LogP contribution >= 0.6 is 11.6 Å². The fraction of sp³-hybridized carbons (Fsp3) is 0.300. The van der Waals surface area contributed by atoms with Crippen molar-refractivity contribution in [2.45, 2.75) is 26.4 Å². The molecule has 1 heterocycles.